The van der Waals surface area contributed by atoms with Crippen molar-refractivity contribution in [1.29, 1.82) is 0 Å². The predicted octanol–water partition coefficient (Wildman–Crippen LogP) is 2.87. The Balaban J connectivity index is 1.80. The van der Waals surface area contributed by atoms with E-state index in [4.69, 9.17) is 9.97 Å². The molecule has 0 N–H and O–H groups in total. The van der Waals surface area contributed by atoms with Crippen molar-refractivity contribution in [2.24, 2.45) is 5.92 Å². The van der Waals surface area contributed by atoms with Gasteiger partial charge in [-0.3, -0.25) is 4.98 Å². The third-order valence-electron chi connectivity index (χ3n) is 4.73. The number of nitrogens with zero attached hydrogens (tertiary/aromatic N) is 4. The summed E-state index contributed by atoms with van der Waals surface area (Å²) >= 11 is 0. The lowest BCUT2D eigenvalue weighted by Crippen LogP contribution is -2.24. The Kier molecular flexibility index (Phi) is 2.91. The maximum absolute atomic E-state index is 4.89. The van der Waals surface area contributed by atoms with Crippen LogP contribution in [-0.4, -0.2) is 28.0 Å². The molecule has 0 saturated heterocycles. The topological polar surface area (TPSA) is 41.9 Å². The molecule has 0 bridgehead atoms. The van der Waals surface area contributed by atoms with Crippen molar-refractivity contribution < 1.29 is 0 Å². The molecule has 0 aromatic carbocycles. The number of rotatable bonds is 3. The summed E-state index contributed by atoms with van der Waals surface area (Å²) in [6.45, 7) is 2.31. The van der Waals surface area contributed by atoms with Gasteiger partial charge < -0.3 is 4.90 Å². The van der Waals surface area contributed by atoms with E-state index in [0.29, 0.717) is 6.04 Å². The van der Waals surface area contributed by atoms with Crippen LogP contribution in [0.4, 0.5) is 5.82 Å². The van der Waals surface area contributed by atoms with Gasteiger partial charge in [0.25, 0.3) is 0 Å². The summed E-state index contributed by atoms with van der Waals surface area (Å²) in [5.41, 5.74) is 3.61. The summed E-state index contributed by atoms with van der Waals surface area (Å²) < 4.78 is 0. The standard InChI is InChI=1S/C17H20N4/c1-11-9-15(11)21(2)17-13-6-3-7-14(13)19-16(20-17)12-5-4-8-18-10-12/h4-5,8,10-11,15H,3,6-7,9H2,1-2H3. The normalized spacial score (nSPS) is 23.0. The third kappa shape index (κ3) is 2.19. The van der Waals surface area contributed by atoms with Crippen molar-refractivity contribution in [2.75, 3.05) is 11.9 Å². The molecule has 0 radical (unpaired) electrons. The largest absolute Gasteiger partial charge is 0.356 e. The number of fused-ring (bicyclic) bond motifs is 1. The average molecular weight is 280 g/mol. The molecular formula is C17H20N4. The van der Waals surface area contributed by atoms with Gasteiger partial charge in [-0.1, -0.05) is 6.92 Å². The Morgan fingerprint density at radius 3 is 2.81 bits per heavy atom. The average Bonchev–Trinajstić information content (AvgIpc) is 3.06. The lowest BCUT2D eigenvalue weighted by Gasteiger charge is -2.22. The lowest BCUT2D eigenvalue weighted by atomic mass is 10.2. The fraction of sp³-hybridized carbons (Fsp3) is 0.471. The zero-order valence-electron chi connectivity index (χ0n) is 12.6. The van der Waals surface area contributed by atoms with Gasteiger partial charge in [-0.2, -0.15) is 0 Å². The Morgan fingerprint density at radius 2 is 2.10 bits per heavy atom. The van der Waals surface area contributed by atoms with Crippen LogP contribution >= 0.6 is 0 Å². The van der Waals surface area contributed by atoms with Gasteiger partial charge in [0, 0.05) is 42.3 Å². The minimum Gasteiger partial charge on any atom is -0.356 e. The highest BCUT2D eigenvalue weighted by molar-refractivity contribution is 5.61. The Bertz CT molecular complexity index is 668. The number of pyridine rings is 1. The van der Waals surface area contributed by atoms with Gasteiger partial charge in [-0.15, -0.1) is 0 Å². The molecule has 2 aliphatic rings. The molecule has 1 fully saturated rings. The molecule has 4 nitrogen and oxygen atoms in total. The minimum atomic E-state index is 0.645. The van der Waals surface area contributed by atoms with E-state index in [1.807, 2.05) is 18.3 Å². The van der Waals surface area contributed by atoms with Crippen LogP contribution in [-0.2, 0) is 12.8 Å². The second kappa shape index (κ2) is 4.79. The van der Waals surface area contributed by atoms with Crippen LogP contribution in [0.15, 0.2) is 24.5 Å². The monoisotopic (exact) mass is 280 g/mol. The van der Waals surface area contributed by atoms with E-state index >= 15 is 0 Å². The number of hydrogen-bond donors (Lipinski definition) is 0. The molecule has 108 valence electrons. The molecule has 1 saturated carbocycles. The minimum absolute atomic E-state index is 0.645. The molecule has 21 heavy (non-hydrogen) atoms. The smallest absolute Gasteiger partial charge is 0.163 e. The third-order valence-corrected chi connectivity index (χ3v) is 4.73. The van der Waals surface area contributed by atoms with E-state index in [0.717, 1.165) is 36.0 Å². The van der Waals surface area contributed by atoms with Crippen molar-refractivity contribution >= 4 is 5.82 Å². The van der Waals surface area contributed by atoms with Gasteiger partial charge in [0.05, 0.1) is 0 Å². The summed E-state index contributed by atoms with van der Waals surface area (Å²) in [5, 5.41) is 0. The molecule has 2 unspecified atom stereocenters. The van der Waals surface area contributed by atoms with Crippen LogP contribution in [0.2, 0.25) is 0 Å². The first-order chi connectivity index (χ1) is 10.2. The summed E-state index contributed by atoms with van der Waals surface area (Å²) in [4.78, 5) is 16.2. The first-order valence-electron chi connectivity index (χ1n) is 7.77. The van der Waals surface area contributed by atoms with Crippen LogP contribution in [0.1, 0.15) is 31.0 Å². The second-order valence-corrected chi connectivity index (χ2v) is 6.28. The zero-order valence-corrected chi connectivity index (χ0v) is 12.6. The van der Waals surface area contributed by atoms with E-state index in [1.165, 1.54) is 24.1 Å². The molecule has 0 aliphatic heterocycles. The summed E-state index contributed by atoms with van der Waals surface area (Å²) in [7, 11) is 2.18. The number of anilines is 1. The Labute approximate surface area is 125 Å². The fourth-order valence-corrected chi connectivity index (χ4v) is 3.33. The zero-order chi connectivity index (χ0) is 14.4. The number of aryl methyl sites for hydroxylation is 1. The molecule has 4 rings (SSSR count). The Morgan fingerprint density at radius 1 is 1.24 bits per heavy atom. The highest BCUT2D eigenvalue weighted by Gasteiger charge is 2.38. The number of aromatic nitrogens is 3. The van der Waals surface area contributed by atoms with Gasteiger partial charge in [-0.05, 0) is 43.7 Å². The quantitative estimate of drug-likeness (QED) is 0.867. The lowest BCUT2D eigenvalue weighted by molar-refractivity contribution is 0.804. The summed E-state index contributed by atoms with van der Waals surface area (Å²) in [6, 6.07) is 4.62. The van der Waals surface area contributed by atoms with Crippen molar-refractivity contribution in [3.63, 3.8) is 0 Å². The SMILES string of the molecule is CC1CC1N(C)c1nc(-c2cccnc2)nc2c1CCC2. The van der Waals surface area contributed by atoms with E-state index in [2.05, 4.69) is 23.9 Å². The molecule has 2 aromatic heterocycles. The van der Waals surface area contributed by atoms with E-state index in [9.17, 15) is 0 Å². The first-order valence-corrected chi connectivity index (χ1v) is 7.77. The molecular weight excluding hydrogens is 260 g/mol. The second-order valence-electron chi connectivity index (χ2n) is 6.28. The van der Waals surface area contributed by atoms with Crippen LogP contribution in [0.25, 0.3) is 11.4 Å². The molecule has 0 spiro atoms. The van der Waals surface area contributed by atoms with Crippen molar-refractivity contribution in [3.8, 4) is 11.4 Å². The van der Waals surface area contributed by atoms with Crippen LogP contribution in [0.3, 0.4) is 0 Å². The number of hydrogen-bond acceptors (Lipinski definition) is 4. The summed E-state index contributed by atoms with van der Waals surface area (Å²) in [5.74, 6) is 2.74. The van der Waals surface area contributed by atoms with Crippen molar-refractivity contribution in [1.82, 2.24) is 15.0 Å². The molecule has 2 aliphatic carbocycles. The van der Waals surface area contributed by atoms with E-state index in [1.54, 1.807) is 6.20 Å². The molecule has 2 atom stereocenters. The van der Waals surface area contributed by atoms with Gasteiger partial charge in [0.2, 0.25) is 0 Å². The van der Waals surface area contributed by atoms with Gasteiger partial charge in [0.15, 0.2) is 5.82 Å². The van der Waals surface area contributed by atoms with Crippen LogP contribution in [0.5, 0.6) is 0 Å². The van der Waals surface area contributed by atoms with Gasteiger partial charge >= 0.3 is 0 Å². The predicted molar refractivity (Wildman–Crippen MR) is 83.3 cm³/mol. The molecule has 2 heterocycles. The van der Waals surface area contributed by atoms with Crippen LogP contribution < -0.4 is 4.90 Å². The van der Waals surface area contributed by atoms with E-state index in [-0.39, 0.29) is 0 Å². The highest BCUT2D eigenvalue weighted by atomic mass is 15.2. The van der Waals surface area contributed by atoms with E-state index < -0.39 is 0 Å². The van der Waals surface area contributed by atoms with Gasteiger partial charge in [0.1, 0.15) is 5.82 Å². The Hall–Kier alpha value is -1.97. The molecule has 2 aromatic rings. The molecule has 0 amide bonds. The first kappa shape index (κ1) is 12.7. The van der Waals surface area contributed by atoms with Crippen molar-refractivity contribution in [2.45, 2.75) is 38.6 Å². The maximum atomic E-state index is 4.89. The summed E-state index contributed by atoms with van der Waals surface area (Å²) in [6.07, 6.45) is 8.30. The highest BCUT2D eigenvalue weighted by Crippen LogP contribution is 2.39. The van der Waals surface area contributed by atoms with Gasteiger partial charge in [-0.25, -0.2) is 9.97 Å². The maximum Gasteiger partial charge on any atom is 0.163 e. The fourth-order valence-electron chi connectivity index (χ4n) is 3.33. The molecule has 4 heteroatoms. The van der Waals surface area contributed by atoms with Crippen LogP contribution in [0, 0.1) is 5.92 Å². The van der Waals surface area contributed by atoms with Crippen molar-refractivity contribution in [3.05, 3.63) is 35.8 Å².